The van der Waals surface area contributed by atoms with Gasteiger partial charge in [0.2, 0.25) is 5.91 Å². The predicted octanol–water partition coefficient (Wildman–Crippen LogP) is 3.46. The van der Waals surface area contributed by atoms with Gasteiger partial charge >= 0.3 is 12.5 Å². The van der Waals surface area contributed by atoms with Crippen LogP contribution in [-0.2, 0) is 11.3 Å². The van der Waals surface area contributed by atoms with E-state index in [2.05, 4.69) is 20.4 Å². The Bertz CT molecular complexity index is 845. The molecule has 1 aliphatic rings. The molecule has 0 aromatic carbocycles. The molecule has 3 rings (SSSR count). The molecule has 0 radical (unpaired) electrons. The summed E-state index contributed by atoms with van der Waals surface area (Å²) in [6.45, 7) is 6.10. The molecular formula is C18H24F6N6O2. The van der Waals surface area contributed by atoms with E-state index in [1.165, 1.54) is 18.7 Å². The van der Waals surface area contributed by atoms with Gasteiger partial charge in [0, 0.05) is 30.9 Å². The molecule has 0 aliphatic carbocycles. The van der Waals surface area contributed by atoms with Gasteiger partial charge in [-0.15, -0.1) is 13.2 Å². The quantitative estimate of drug-likeness (QED) is 0.650. The normalized spacial score (nSPS) is 14.2. The maximum absolute atomic E-state index is 12.4. The van der Waals surface area contributed by atoms with Gasteiger partial charge in [0.15, 0.2) is 0 Å². The minimum Gasteiger partial charge on any atom is -0.359 e. The number of aromatic nitrogens is 4. The third-order valence-electron chi connectivity index (χ3n) is 3.84. The first-order chi connectivity index (χ1) is 14.8. The van der Waals surface area contributed by atoms with Gasteiger partial charge in [0.05, 0.1) is 11.9 Å². The Kier molecular flexibility index (Phi) is 9.87. The first-order valence-corrected chi connectivity index (χ1v) is 9.58. The SMILES string of the molecule is CC.C[C@@H](Nc1cc(-c2cnn(CC(F)(F)F)c2)ncn1)C(=O)N1CCC1.OC(F)(F)F. The minimum atomic E-state index is -5.00. The molecule has 2 aromatic heterocycles. The lowest BCUT2D eigenvalue weighted by atomic mass is 10.1. The highest BCUT2D eigenvalue weighted by molar-refractivity contribution is 5.84. The van der Waals surface area contributed by atoms with Crippen molar-refractivity contribution >= 4 is 11.7 Å². The monoisotopic (exact) mass is 470 g/mol. The average molecular weight is 470 g/mol. The van der Waals surface area contributed by atoms with E-state index in [1.807, 2.05) is 13.8 Å². The van der Waals surface area contributed by atoms with Crippen LogP contribution >= 0.6 is 0 Å². The van der Waals surface area contributed by atoms with E-state index in [1.54, 1.807) is 17.9 Å². The van der Waals surface area contributed by atoms with Crippen LogP contribution in [0.5, 0.6) is 0 Å². The number of hydrogen-bond acceptors (Lipinski definition) is 6. The van der Waals surface area contributed by atoms with Gasteiger partial charge in [-0.1, -0.05) is 13.8 Å². The lowest BCUT2D eigenvalue weighted by Crippen LogP contribution is -2.48. The summed E-state index contributed by atoms with van der Waals surface area (Å²) in [5.74, 6) is 0.416. The topological polar surface area (TPSA) is 96.2 Å². The number of halogens is 6. The fraction of sp³-hybridized carbons (Fsp3) is 0.556. The number of amides is 1. The summed E-state index contributed by atoms with van der Waals surface area (Å²) in [5, 5.41) is 13.2. The van der Waals surface area contributed by atoms with Crippen LogP contribution in [0.3, 0.4) is 0 Å². The molecule has 14 heteroatoms. The van der Waals surface area contributed by atoms with Crippen LogP contribution in [0.2, 0.25) is 0 Å². The van der Waals surface area contributed by atoms with Crippen molar-refractivity contribution in [2.24, 2.45) is 0 Å². The van der Waals surface area contributed by atoms with Gasteiger partial charge in [-0.3, -0.25) is 9.48 Å². The highest BCUT2D eigenvalue weighted by atomic mass is 19.4. The lowest BCUT2D eigenvalue weighted by molar-refractivity contribution is -0.295. The van der Waals surface area contributed by atoms with Crippen LogP contribution in [0.15, 0.2) is 24.8 Å². The van der Waals surface area contributed by atoms with Crippen molar-refractivity contribution < 1.29 is 36.2 Å². The fourth-order valence-corrected chi connectivity index (χ4v) is 2.45. The van der Waals surface area contributed by atoms with Crippen LogP contribution in [0.4, 0.5) is 32.2 Å². The highest BCUT2D eigenvalue weighted by Gasteiger charge is 2.28. The first kappa shape index (κ1) is 27.1. The zero-order chi connectivity index (χ0) is 24.5. The number of likely N-dealkylation sites (tertiary alicyclic amines) is 1. The molecule has 3 heterocycles. The Labute approximate surface area is 180 Å². The standard InChI is InChI=1S/C15H17F3N6O.C2H6.CHF3O/c1-10(14(25)23-3-2-4-23)22-13-5-12(19-9-20-13)11-6-21-24(7-11)8-15(16,17)18;1-2;2-1(3,4)5/h5-7,9-10H,2-4,8H2,1H3,(H,19,20,22);1-2H3;5H/t10-;;/m1../s1. The molecule has 0 spiro atoms. The first-order valence-electron chi connectivity index (χ1n) is 9.58. The molecule has 180 valence electrons. The number of rotatable bonds is 5. The second kappa shape index (κ2) is 11.6. The van der Waals surface area contributed by atoms with E-state index in [4.69, 9.17) is 5.11 Å². The molecule has 1 atom stereocenters. The minimum absolute atomic E-state index is 0.00981. The lowest BCUT2D eigenvalue weighted by Gasteiger charge is -2.33. The summed E-state index contributed by atoms with van der Waals surface area (Å²) in [7, 11) is 0. The number of alkyl halides is 6. The van der Waals surface area contributed by atoms with Gasteiger partial charge in [-0.05, 0) is 13.3 Å². The number of hydrogen-bond donors (Lipinski definition) is 2. The van der Waals surface area contributed by atoms with Crippen LogP contribution < -0.4 is 5.32 Å². The Balaban J connectivity index is 0.000000646. The van der Waals surface area contributed by atoms with Gasteiger partial charge in [-0.25, -0.2) is 9.97 Å². The largest absolute Gasteiger partial charge is 0.519 e. The van der Waals surface area contributed by atoms with Crippen molar-refractivity contribution in [1.29, 1.82) is 0 Å². The van der Waals surface area contributed by atoms with Crippen LogP contribution in [0.25, 0.3) is 11.3 Å². The number of aliphatic hydroxyl groups is 1. The van der Waals surface area contributed by atoms with E-state index in [0.717, 1.165) is 24.2 Å². The van der Waals surface area contributed by atoms with E-state index in [-0.39, 0.29) is 5.91 Å². The Morgan fingerprint density at radius 1 is 1.19 bits per heavy atom. The number of nitrogens with zero attached hydrogens (tertiary/aromatic N) is 5. The van der Waals surface area contributed by atoms with E-state index in [9.17, 15) is 31.1 Å². The van der Waals surface area contributed by atoms with Crippen molar-refractivity contribution in [2.75, 3.05) is 18.4 Å². The summed E-state index contributed by atoms with van der Waals surface area (Å²) < 4.78 is 67.7. The molecule has 0 unspecified atom stereocenters. The molecule has 32 heavy (non-hydrogen) atoms. The molecule has 8 nitrogen and oxygen atoms in total. The third-order valence-corrected chi connectivity index (χ3v) is 3.84. The molecule has 0 saturated carbocycles. The van der Waals surface area contributed by atoms with E-state index in [0.29, 0.717) is 17.1 Å². The van der Waals surface area contributed by atoms with Crippen molar-refractivity contribution in [2.45, 2.75) is 52.3 Å². The van der Waals surface area contributed by atoms with Crippen LogP contribution in [0.1, 0.15) is 27.2 Å². The summed E-state index contributed by atoms with van der Waals surface area (Å²) in [6, 6.07) is 1.13. The van der Waals surface area contributed by atoms with Crippen LogP contribution in [0, 0.1) is 0 Å². The van der Waals surface area contributed by atoms with Gasteiger partial charge < -0.3 is 15.3 Å². The zero-order valence-corrected chi connectivity index (χ0v) is 17.6. The van der Waals surface area contributed by atoms with Crippen molar-refractivity contribution in [3.8, 4) is 11.3 Å². The zero-order valence-electron chi connectivity index (χ0n) is 17.6. The summed E-state index contributed by atoms with van der Waals surface area (Å²) >= 11 is 0. The highest BCUT2D eigenvalue weighted by Crippen LogP contribution is 2.22. The average Bonchev–Trinajstić information content (AvgIpc) is 3.07. The summed E-state index contributed by atoms with van der Waals surface area (Å²) in [6.07, 6.45) is -4.45. The van der Waals surface area contributed by atoms with Crippen molar-refractivity contribution in [3.63, 3.8) is 0 Å². The maximum Gasteiger partial charge on any atom is 0.519 e. The van der Waals surface area contributed by atoms with Gasteiger partial charge in [-0.2, -0.15) is 18.3 Å². The second-order valence-electron chi connectivity index (χ2n) is 6.34. The summed E-state index contributed by atoms with van der Waals surface area (Å²) in [5.41, 5.74) is 0.867. The molecule has 1 fully saturated rings. The number of carbonyl (C=O) groups excluding carboxylic acids is 1. The van der Waals surface area contributed by atoms with Gasteiger partial charge in [0.1, 0.15) is 24.7 Å². The predicted molar refractivity (Wildman–Crippen MR) is 103 cm³/mol. The Morgan fingerprint density at radius 3 is 2.28 bits per heavy atom. The van der Waals surface area contributed by atoms with Crippen molar-refractivity contribution in [3.05, 3.63) is 24.8 Å². The smallest absolute Gasteiger partial charge is 0.359 e. The number of anilines is 1. The summed E-state index contributed by atoms with van der Waals surface area (Å²) in [4.78, 5) is 22.0. The van der Waals surface area contributed by atoms with E-state index >= 15 is 0 Å². The van der Waals surface area contributed by atoms with E-state index < -0.39 is 25.1 Å². The molecule has 2 aromatic rings. The maximum atomic E-state index is 12.4. The molecule has 1 amide bonds. The number of nitrogens with one attached hydrogen (secondary N) is 1. The molecular weight excluding hydrogens is 446 g/mol. The fourth-order valence-electron chi connectivity index (χ4n) is 2.45. The second-order valence-corrected chi connectivity index (χ2v) is 6.34. The molecule has 0 bridgehead atoms. The Hall–Kier alpha value is -2.90. The van der Waals surface area contributed by atoms with Crippen LogP contribution in [-0.4, -0.2) is 67.3 Å². The molecule has 1 saturated heterocycles. The number of carbonyl (C=O) groups is 1. The Morgan fingerprint density at radius 2 is 1.78 bits per heavy atom. The molecule has 2 N–H and O–H groups in total. The molecule has 1 aliphatic heterocycles. The third kappa shape index (κ3) is 9.94. The van der Waals surface area contributed by atoms with Crippen molar-refractivity contribution in [1.82, 2.24) is 24.6 Å². The van der Waals surface area contributed by atoms with Gasteiger partial charge in [0.25, 0.3) is 0 Å².